The minimum Gasteiger partial charge on any atom is -0.478 e. The maximum absolute atomic E-state index is 12.9. The van der Waals surface area contributed by atoms with Crippen LogP contribution in [0.25, 0.3) is 0 Å². The minimum atomic E-state index is -1.33. The Morgan fingerprint density at radius 1 is 1.48 bits per heavy atom. The number of nitrogens with zero attached hydrogens (tertiary/aromatic N) is 1. The Morgan fingerprint density at radius 2 is 2.22 bits per heavy atom. The highest BCUT2D eigenvalue weighted by molar-refractivity contribution is 6.03. The fourth-order valence-electron chi connectivity index (χ4n) is 4.39. The number of allylic oxidation sites excluding steroid dienone is 1. The molecule has 1 saturated carbocycles. The number of carbonyl (C=O) groups excluding carboxylic acids is 1. The fourth-order valence-corrected chi connectivity index (χ4v) is 4.39. The molecule has 0 spiro atoms. The molecule has 4 atom stereocenters. The first-order valence-electron chi connectivity index (χ1n) is 7.63. The monoisotopic (exact) mass is 317 g/mol. The van der Waals surface area contributed by atoms with Gasteiger partial charge in [-0.2, -0.15) is 5.26 Å². The first-order valence-corrected chi connectivity index (χ1v) is 7.63. The first-order chi connectivity index (χ1) is 10.8. The minimum absolute atomic E-state index is 0.0896. The summed E-state index contributed by atoms with van der Waals surface area (Å²) in [5.41, 5.74) is -1.29. The van der Waals surface area contributed by atoms with E-state index in [1.54, 1.807) is 13.2 Å². The van der Waals surface area contributed by atoms with Gasteiger partial charge in [-0.3, -0.25) is 4.79 Å². The lowest BCUT2D eigenvalue weighted by atomic mass is 9.49. The van der Waals surface area contributed by atoms with Gasteiger partial charge >= 0.3 is 5.97 Å². The second-order valence-corrected chi connectivity index (χ2v) is 6.79. The Morgan fingerprint density at radius 3 is 2.83 bits per heavy atom. The number of ether oxygens (including phenoxy) is 2. The van der Waals surface area contributed by atoms with E-state index >= 15 is 0 Å². The molecular formula is C17H19NO5. The molecule has 2 heterocycles. The third kappa shape index (κ3) is 2.07. The molecule has 23 heavy (non-hydrogen) atoms. The summed E-state index contributed by atoms with van der Waals surface area (Å²) in [6.07, 6.45) is 6.08. The maximum atomic E-state index is 12.9. The Bertz CT molecular complexity index is 675. The van der Waals surface area contributed by atoms with Crippen LogP contribution in [0.4, 0.5) is 0 Å². The third-order valence-electron chi connectivity index (χ3n) is 5.78. The maximum Gasteiger partial charge on any atom is 0.328 e. The average molecular weight is 317 g/mol. The van der Waals surface area contributed by atoms with Crippen LogP contribution in [-0.2, 0) is 19.1 Å². The van der Waals surface area contributed by atoms with Crippen LogP contribution in [0, 0.1) is 22.7 Å². The largest absolute Gasteiger partial charge is 0.478 e. The lowest BCUT2D eigenvalue weighted by molar-refractivity contribution is -0.363. The lowest BCUT2D eigenvalue weighted by Gasteiger charge is -2.65. The predicted molar refractivity (Wildman–Crippen MR) is 79.1 cm³/mol. The summed E-state index contributed by atoms with van der Waals surface area (Å²) in [6, 6.07) is 2.13. The molecule has 2 aliphatic heterocycles. The molecule has 4 rings (SSSR count). The van der Waals surface area contributed by atoms with E-state index in [1.807, 2.05) is 6.92 Å². The van der Waals surface area contributed by atoms with Gasteiger partial charge in [-0.1, -0.05) is 6.92 Å². The van der Waals surface area contributed by atoms with Gasteiger partial charge in [0.15, 0.2) is 17.2 Å². The number of methoxy groups -OCH3 is 1. The van der Waals surface area contributed by atoms with Crippen molar-refractivity contribution < 1.29 is 24.2 Å². The molecule has 122 valence electrons. The molecule has 6 nitrogen and oxygen atoms in total. The van der Waals surface area contributed by atoms with E-state index < -0.39 is 28.6 Å². The second-order valence-electron chi connectivity index (χ2n) is 6.79. The molecule has 0 amide bonds. The van der Waals surface area contributed by atoms with Crippen molar-refractivity contribution in [1.82, 2.24) is 0 Å². The summed E-state index contributed by atoms with van der Waals surface area (Å²) >= 11 is 0. The average Bonchev–Trinajstić information content (AvgIpc) is 2.52. The smallest absolute Gasteiger partial charge is 0.328 e. The van der Waals surface area contributed by atoms with Gasteiger partial charge in [0.05, 0.1) is 6.07 Å². The quantitative estimate of drug-likeness (QED) is 0.796. The Hall–Kier alpha value is -1.97. The number of carboxylic acids is 1. The van der Waals surface area contributed by atoms with Crippen molar-refractivity contribution in [1.29, 1.82) is 5.26 Å². The van der Waals surface area contributed by atoms with E-state index in [1.165, 1.54) is 0 Å². The first kappa shape index (κ1) is 15.9. The number of carboxylic acid groups (broad SMARTS) is 1. The van der Waals surface area contributed by atoms with Crippen LogP contribution in [0.3, 0.4) is 0 Å². The molecule has 0 aromatic heterocycles. The molecule has 4 aliphatic rings. The third-order valence-corrected chi connectivity index (χ3v) is 5.78. The van der Waals surface area contributed by atoms with Crippen molar-refractivity contribution in [2.24, 2.45) is 11.3 Å². The molecule has 6 heteroatoms. The van der Waals surface area contributed by atoms with Crippen LogP contribution in [0.15, 0.2) is 23.8 Å². The van der Waals surface area contributed by atoms with E-state index in [2.05, 4.69) is 6.07 Å². The zero-order chi connectivity index (χ0) is 16.9. The van der Waals surface area contributed by atoms with Gasteiger partial charge in [-0.05, 0) is 30.9 Å². The number of hydrogen-bond donors (Lipinski definition) is 1. The summed E-state index contributed by atoms with van der Waals surface area (Å²) in [5.74, 6) is -2.39. The van der Waals surface area contributed by atoms with Crippen molar-refractivity contribution in [3.63, 3.8) is 0 Å². The van der Waals surface area contributed by atoms with Gasteiger partial charge < -0.3 is 14.6 Å². The van der Waals surface area contributed by atoms with Gasteiger partial charge in [-0.25, -0.2) is 4.79 Å². The van der Waals surface area contributed by atoms with Crippen molar-refractivity contribution in [2.45, 2.75) is 44.0 Å². The van der Waals surface area contributed by atoms with Gasteiger partial charge in [0.25, 0.3) is 0 Å². The molecule has 0 aromatic rings. The number of rotatable bonds is 4. The topological polar surface area (TPSA) is 96.6 Å². The molecule has 4 bridgehead atoms. The number of carbonyl (C=O) groups is 2. The normalized spacial score (nSPS) is 41.4. The summed E-state index contributed by atoms with van der Waals surface area (Å²) < 4.78 is 11.8. The standard InChI is InChI=1S/C17H19NO5/c1-15-5-6-16(22-2)9-12(15)7-11(10-18)8-17(15,23-16)13(19)3-4-14(20)21/h3-4,8,12H,5-7,9H2,1-2H3,(H,20,21)/b4-3+/t12-,15+,16-,17+/m1/s1. The van der Waals surface area contributed by atoms with E-state index in [-0.39, 0.29) is 5.92 Å². The van der Waals surface area contributed by atoms with Gasteiger partial charge in [0.1, 0.15) is 0 Å². The summed E-state index contributed by atoms with van der Waals surface area (Å²) in [7, 11) is 1.56. The Kier molecular flexibility index (Phi) is 3.47. The summed E-state index contributed by atoms with van der Waals surface area (Å²) in [5, 5.41) is 18.1. The highest BCUT2D eigenvalue weighted by Crippen LogP contribution is 2.65. The number of aliphatic carboxylic acids is 1. The van der Waals surface area contributed by atoms with E-state index in [0.29, 0.717) is 24.8 Å². The Labute approximate surface area is 134 Å². The van der Waals surface area contributed by atoms with Gasteiger partial charge in [-0.15, -0.1) is 0 Å². The number of nitriles is 1. The van der Waals surface area contributed by atoms with Crippen LogP contribution in [-0.4, -0.2) is 35.4 Å². The molecule has 2 aliphatic carbocycles. The van der Waals surface area contributed by atoms with Crippen LogP contribution in [0.2, 0.25) is 0 Å². The Balaban J connectivity index is 2.14. The zero-order valence-corrected chi connectivity index (χ0v) is 13.2. The van der Waals surface area contributed by atoms with Crippen molar-refractivity contribution in [2.75, 3.05) is 7.11 Å². The van der Waals surface area contributed by atoms with E-state index in [4.69, 9.17) is 14.6 Å². The van der Waals surface area contributed by atoms with Crippen molar-refractivity contribution in [3.8, 4) is 6.07 Å². The molecule has 0 unspecified atom stereocenters. The van der Waals surface area contributed by atoms with Crippen molar-refractivity contribution >= 4 is 11.8 Å². The van der Waals surface area contributed by atoms with E-state index in [0.717, 1.165) is 18.6 Å². The van der Waals surface area contributed by atoms with Gasteiger partial charge in [0.2, 0.25) is 0 Å². The number of ketones is 1. The SMILES string of the molecule is CO[C@]12CC[C@@]3(C)[C@H](CC(C#N)=C[C@@]3(C(=O)/C=C/C(=O)O)O1)C2. The molecule has 3 fully saturated rings. The highest BCUT2D eigenvalue weighted by Gasteiger charge is 2.69. The second kappa shape index (κ2) is 5.02. The van der Waals surface area contributed by atoms with Crippen LogP contribution in [0.5, 0.6) is 0 Å². The zero-order valence-electron chi connectivity index (χ0n) is 13.2. The molecule has 0 radical (unpaired) electrons. The molecule has 0 aromatic carbocycles. The summed E-state index contributed by atoms with van der Waals surface area (Å²) in [6.45, 7) is 1.99. The van der Waals surface area contributed by atoms with Gasteiger partial charge in [0, 0.05) is 37.0 Å². The molecule has 2 saturated heterocycles. The fraction of sp³-hybridized carbons (Fsp3) is 0.588. The number of hydrogen-bond acceptors (Lipinski definition) is 5. The van der Waals surface area contributed by atoms with Crippen LogP contribution >= 0.6 is 0 Å². The van der Waals surface area contributed by atoms with Crippen LogP contribution < -0.4 is 0 Å². The molecular weight excluding hydrogens is 298 g/mol. The van der Waals surface area contributed by atoms with Crippen molar-refractivity contribution in [3.05, 3.63) is 23.8 Å². The number of fused-ring (bicyclic) bond motifs is 1. The predicted octanol–water partition coefficient (Wildman–Crippen LogP) is 1.97. The van der Waals surface area contributed by atoms with E-state index in [9.17, 15) is 14.9 Å². The summed E-state index contributed by atoms with van der Waals surface area (Å²) in [4.78, 5) is 23.6. The molecule has 1 N–H and O–H groups in total. The highest BCUT2D eigenvalue weighted by atomic mass is 16.7. The lowest BCUT2D eigenvalue weighted by Crippen LogP contribution is -2.71. The van der Waals surface area contributed by atoms with Crippen LogP contribution in [0.1, 0.15) is 32.6 Å².